The van der Waals surface area contributed by atoms with Crippen LogP contribution in [0, 0.1) is 5.92 Å². The number of Topliss-reactive ketones (excluding diaryl/α,β-unsaturated/α-hetero) is 1. The quantitative estimate of drug-likeness (QED) is 0.0567. The fourth-order valence-corrected chi connectivity index (χ4v) is 6.67. The van der Waals surface area contributed by atoms with Crippen molar-refractivity contribution < 1.29 is 29.3 Å². The standard InChI is InChI=1S/C40H79NO6/c1-5-9-11-13-15-17-19-20-21-22-24-26-28-30-32-46-38(8-4)40(45,34-42)37(43)33-47-36(7-3)35(39(41)44)31-29-27-25-23-18-16-14-12-10-6-2/h35-36,38,42,45H,5-34H2,1-4H3,(H2,41,44). The Morgan fingerprint density at radius 2 is 1.00 bits per heavy atom. The van der Waals surface area contributed by atoms with E-state index in [2.05, 4.69) is 13.8 Å². The summed E-state index contributed by atoms with van der Waals surface area (Å²) in [4.78, 5) is 25.5. The second-order valence-electron chi connectivity index (χ2n) is 14.1. The van der Waals surface area contributed by atoms with E-state index >= 15 is 0 Å². The van der Waals surface area contributed by atoms with Gasteiger partial charge in [0.2, 0.25) is 5.91 Å². The first-order valence-corrected chi connectivity index (χ1v) is 20.2. The highest BCUT2D eigenvalue weighted by Gasteiger charge is 2.43. The highest BCUT2D eigenvalue weighted by molar-refractivity contribution is 5.89. The van der Waals surface area contributed by atoms with E-state index in [9.17, 15) is 19.8 Å². The highest BCUT2D eigenvalue weighted by Crippen LogP contribution is 2.24. The van der Waals surface area contributed by atoms with Crippen LogP contribution in [-0.4, -0.2) is 59.5 Å². The number of ketones is 1. The molecular weight excluding hydrogens is 590 g/mol. The molecule has 0 aliphatic rings. The Hall–Kier alpha value is -1.02. The molecule has 0 bridgehead atoms. The molecule has 0 rings (SSSR count). The molecule has 0 fully saturated rings. The van der Waals surface area contributed by atoms with E-state index in [0.29, 0.717) is 25.9 Å². The first kappa shape index (κ1) is 46.0. The van der Waals surface area contributed by atoms with Gasteiger partial charge in [-0.3, -0.25) is 9.59 Å². The summed E-state index contributed by atoms with van der Waals surface area (Å²) in [5.74, 6) is -1.52. The number of amides is 1. The van der Waals surface area contributed by atoms with Crippen LogP contribution in [0.1, 0.15) is 201 Å². The van der Waals surface area contributed by atoms with Crippen LogP contribution in [0.5, 0.6) is 0 Å². The van der Waals surface area contributed by atoms with Crippen LogP contribution in [0.4, 0.5) is 0 Å². The molecule has 0 aromatic carbocycles. The van der Waals surface area contributed by atoms with E-state index in [1.165, 1.54) is 116 Å². The molecule has 0 spiro atoms. The van der Waals surface area contributed by atoms with Crippen molar-refractivity contribution in [1.29, 1.82) is 0 Å². The largest absolute Gasteiger partial charge is 0.393 e. The molecular formula is C40H79NO6. The van der Waals surface area contributed by atoms with Gasteiger partial charge in [-0.2, -0.15) is 0 Å². The predicted molar refractivity (Wildman–Crippen MR) is 197 cm³/mol. The average molecular weight is 670 g/mol. The van der Waals surface area contributed by atoms with Crippen molar-refractivity contribution >= 4 is 11.7 Å². The number of nitrogens with two attached hydrogens (primary N) is 1. The lowest BCUT2D eigenvalue weighted by Gasteiger charge is -2.33. The van der Waals surface area contributed by atoms with E-state index in [-0.39, 0.29) is 0 Å². The van der Waals surface area contributed by atoms with Gasteiger partial charge in [0.1, 0.15) is 6.61 Å². The minimum absolute atomic E-state index is 0.390. The van der Waals surface area contributed by atoms with Crippen LogP contribution in [0.3, 0.4) is 0 Å². The molecule has 0 aromatic heterocycles. The van der Waals surface area contributed by atoms with E-state index in [1.54, 1.807) is 0 Å². The minimum Gasteiger partial charge on any atom is -0.393 e. The summed E-state index contributed by atoms with van der Waals surface area (Å²) in [6, 6.07) is 0. The maximum absolute atomic E-state index is 13.2. The summed E-state index contributed by atoms with van der Waals surface area (Å²) in [6.07, 6.45) is 30.2. The van der Waals surface area contributed by atoms with Crippen LogP contribution in [0.2, 0.25) is 0 Å². The third kappa shape index (κ3) is 23.1. The molecule has 4 atom stereocenters. The fraction of sp³-hybridized carbons (Fsp3) is 0.950. The van der Waals surface area contributed by atoms with Gasteiger partial charge in [-0.1, -0.05) is 175 Å². The monoisotopic (exact) mass is 670 g/mol. The van der Waals surface area contributed by atoms with E-state index < -0.39 is 48.6 Å². The van der Waals surface area contributed by atoms with Gasteiger partial charge in [0, 0.05) is 6.61 Å². The van der Waals surface area contributed by atoms with Crippen molar-refractivity contribution in [3.63, 3.8) is 0 Å². The zero-order chi connectivity index (χ0) is 35.0. The summed E-state index contributed by atoms with van der Waals surface area (Å²) < 4.78 is 11.9. The number of carbonyl (C=O) groups is 2. The van der Waals surface area contributed by atoms with Crippen LogP contribution in [0.25, 0.3) is 0 Å². The number of hydrogen-bond donors (Lipinski definition) is 3. The first-order valence-electron chi connectivity index (χ1n) is 20.2. The van der Waals surface area contributed by atoms with Gasteiger partial charge in [-0.25, -0.2) is 0 Å². The Morgan fingerprint density at radius 3 is 1.36 bits per heavy atom. The van der Waals surface area contributed by atoms with Gasteiger partial charge in [0.15, 0.2) is 11.4 Å². The fourth-order valence-electron chi connectivity index (χ4n) is 6.67. The van der Waals surface area contributed by atoms with Crippen molar-refractivity contribution in [2.45, 2.75) is 219 Å². The van der Waals surface area contributed by atoms with Crippen LogP contribution in [-0.2, 0) is 19.1 Å². The Balaban J connectivity index is 4.40. The Labute approximate surface area is 290 Å². The Bertz CT molecular complexity index is 719. The topological polar surface area (TPSA) is 119 Å². The minimum atomic E-state index is -2.04. The van der Waals surface area contributed by atoms with Crippen LogP contribution in [0.15, 0.2) is 0 Å². The molecule has 0 aliphatic carbocycles. The summed E-state index contributed by atoms with van der Waals surface area (Å²) >= 11 is 0. The molecule has 0 aliphatic heterocycles. The summed E-state index contributed by atoms with van der Waals surface area (Å²) in [5, 5.41) is 21.3. The normalized spacial score (nSPS) is 14.9. The van der Waals surface area contributed by atoms with E-state index in [1.807, 2.05) is 13.8 Å². The number of ether oxygens (including phenoxy) is 2. The van der Waals surface area contributed by atoms with Gasteiger partial charge in [-0.15, -0.1) is 0 Å². The van der Waals surface area contributed by atoms with Gasteiger partial charge in [-0.05, 0) is 25.7 Å². The van der Waals surface area contributed by atoms with Crippen molar-refractivity contribution in [2.24, 2.45) is 11.7 Å². The van der Waals surface area contributed by atoms with Gasteiger partial charge >= 0.3 is 0 Å². The molecule has 4 N–H and O–H groups in total. The van der Waals surface area contributed by atoms with Crippen LogP contribution < -0.4 is 5.73 Å². The first-order chi connectivity index (χ1) is 22.8. The van der Waals surface area contributed by atoms with Crippen molar-refractivity contribution in [3.05, 3.63) is 0 Å². The van der Waals surface area contributed by atoms with E-state index in [4.69, 9.17) is 15.2 Å². The smallest absolute Gasteiger partial charge is 0.223 e. The summed E-state index contributed by atoms with van der Waals surface area (Å²) in [7, 11) is 0. The molecule has 1 amide bonds. The second-order valence-corrected chi connectivity index (χ2v) is 14.1. The zero-order valence-corrected chi connectivity index (χ0v) is 31.6. The number of aliphatic hydroxyl groups is 2. The lowest BCUT2D eigenvalue weighted by atomic mass is 9.90. The SMILES string of the molecule is CCCCCCCCCCCCCCCCOC(CC)C(O)(CO)C(=O)COC(CC)C(CCCCCCCCCCCC)C(N)=O. The Kier molecular flexibility index (Phi) is 31.5. The molecule has 7 heteroatoms. The highest BCUT2D eigenvalue weighted by atomic mass is 16.5. The molecule has 4 unspecified atom stereocenters. The van der Waals surface area contributed by atoms with Gasteiger partial charge in [0.05, 0.1) is 24.7 Å². The number of carbonyl (C=O) groups excluding carboxylic acids is 2. The number of primary amides is 1. The van der Waals surface area contributed by atoms with Gasteiger partial charge in [0.25, 0.3) is 0 Å². The Morgan fingerprint density at radius 1 is 0.596 bits per heavy atom. The van der Waals surface area contributed by atoms with Crippen molar-refractivity contribution in [1.82, 2.24) is 0 Å². The molecule has 47 heavy (non-hydrogen) atoms. The number of rotatable bonds is 37. The lowest BCUT2D eigenvalue weighted by molar-refractivity contribution is -0.173. The molecule has 0 saturated heterocycles. The maximum atomic E-state index is 13.2. The van der Waals surface area contributed by atoms with Crippen molar-refractivity contribution in [2.75, 3.05) is 19.8 Å². The van der Waals surface area contributed by atoms with Gasteiger partial charge < -0.3 is 25.4 Å². The summed E-state index contributed by atoms with van der Waals surface area (Å²) in [6.45, 7) is 7.56. The molecule has 0 aromatic rings. The zero-order valence-electron chi connectivity index (χ0n) is 31.6. The van der Waals surface area contributed by atoms with Crippen LogP contribution >= 0.6 is 0 Å². The molecule has 0 radical (unpaired) electrons. The number of aliphatic hydroxyl groups excluding tert-OH is 1. The average Bonchev–Trinajstić information content (AvgIpc) is 3.07. The third-order valence-corrected chi connectivity index (χ3v) is 9.96. The predicted octanol–water partition coefficient (Wildman–Crippen LogP) is 9.76. The number of unbranched alkanes of at least 4 members (excludes halogenated alkanes) is 22. The van der Waals surface area contributed by atoms with E-state index in [0.717, 1.165) is 38.5 Å². The molecule has 280 valence electrons. The second kappa shape index (κ2) is 32.2. The molecule has 7 nitrogen and oxygen atoms in total. The maximum Gasteiger partial charge on any atom is 0.223 e. The molecule has 0 saturated carbocycles. The third-order valence-electron chi connectivity index (χ3n) is 9.96. The molecule has 0 heterocycles. The number of hydrogen-bond acceptors (Lipinski definition) is 6. The van der Waals surface area contributed by atoms with Crippen molar-refractivity contribution in [3.8, 4) is 0 Å². The lowest BCUT2D eigenvalue weighted by Crippen LogP contribution is -2.55. The summed E-state index contributed by atoms with van der Waals surface area (Å²) in [5.41, 5.74) is 3.72.